The largest absolute Gasteiger partial charge is 0.381 e. The molecule has 1 aromatic rings. The Morgan fingerprint density at radius 1 is 1.41 bits per heavy atom. The molecule has 1 saturated heterocycles. The molecule has 17 heavy (non-hydrogen) atoms. The zero-order valence-corrected chi connectivity index (χ0v) is 11.8. The molecule has 2 rings (SSSR count). The van der Waals surface area contributed by atoms with E-state index in [2.05, 4.69) is 49.8 Å². The minimum Gasteiger partial charge on any atom is -0.381 e. The lowest BCUT2D eigenvalue weighted by Gasteiger charge is -2.36. The number of nitrogens with two attached hydrogens (primary N) is 1. The molecule has 5 nitrogen and oxygen atoms in total. The standard InChI is InChI=1S/C11H18BrN5/c1-16(2)8-3-5-17(6-4-8)11-10(13)14-7-9(12)15-11/h7-8H,3-6H2,1-2H3,(H2,13,14). The first kappa shape index (κ1) is 12.6. The first-order valence-corrected chi connectivity index (χ1v) is 6.56. The van der Waals surface area contributed by atoms with E-state index in [4.69, 9.17) is 5.73 Å². The first-order valence-electron chi connectivity index (χ1n) is 5.77. The van der Waals surface area contributed by atoms with Gasteiger partial charge in [-0.25, -0.2) is 9.97 Å². The van der Waals surface area contributed by atoms with Gasteiger partial charge in [-0.3, -0.25) is 0 Å². The molecular formula is C11H18BrN5. The Bertz CT molecular complexity index is 387. The van der Waals surface area contributed by atoms with E-state index in [0.717, 1.165) is 36.4 Å². The van der Waals surface area contributed by atoms with E-state index in [0.29, 0.717) is 11.9 Å². The second-order valence-corrected chi connectivity index (χ2v) is 5.40. The summed E-state index contributed by atoms with van der Waals surface area (Å²) in [5.41, 5.74) is 5.87. The Labute approximate surface area is 110 Å². The summed E-state index contributed by atoms with van der Waals surface area (Å²) in [6.45, 7) is 1.97. The molecule has 0 aromatic carbocycles. The quantitative estimate of drug-likeness (QED) is 0.893. The summed E-state index contributed by atoms with van der Waals surface area (Å²) in [5, 5.41) is 0. The molecule has 0 spiro atoms. The lowest BCUT2D eigenvalue weighted by molar-refractivity contribution is 0.249. The third kappa shape index (κ3) is 2.87. The van der Waals surface area contributed by atoms with Crippen LogP contribution in [0.2, 0.25) is 0 Å². The molecule has 0 amide bonds. The fourth-order valence-corrected chi connectivity index (χ4v) is 2.46. The Morgan fingerprint density at radius 3 is 2.65 bits per heavy atom. The molecule has 1 fully saturated rings. The molecule has 1 aliphatic rings. The topological polar surface area (TPSA) is 58.3 Å². The molecular weight excluding hydrogens is 282 g/mol. The van der Waals surface area contributed by atoms with Gasteiger partial charge in [0.15, 0.2) is 11.6 Å². The summed E-state index contributed by atoms with van der Waals surface area (Å²) in [6.07, 6.45) is 3.91. The third-order valence-corrected chi connectivity index (χ3v) is 3.63. The van der Waals surface area contributed by atoms with Crippen molar-refractivity contribution in [2.75, 3.05) is 37.8 Å². The van der Waals surface area contributed by atoms with Crippen molar-refractivity contribution >= 4 is 27.6 Å². The van der Waals surface area contributed by atoms with Gasteiger partial charge >= 0.3 is 0 Å². The lowest BCUT2D eigenvalue weighted by atomic mass is 10.0. The van der Waals surface area contributed by atoms with Crippen LogP contribution >= 0.6 is 15.9 Å². The minimum atomic E-state index is 0.511. The number of nitrogen functional groups attached to an aromatic ring is 1. The molecule has 0 bridgehead atoms. The molecule has 6 heteroatoms. The monoisotopic (exact) mass is 299 g/mol. The van der Waals surface area contributed by atoms with E-state index >= 15 is 0 Å². The molecule has 0 unspecified atom stereocenters. The van der Waals surface area contributed by atoms with Crippen LogP contribution in [0.5, 0.6) is 0 Å². The maximum absolute atomic E-state index is 5.87. The van der Waals surface area contributed by atoms with Gasteiger partial charge < -0.3 is 15.5 Å². The molecule has 94 valence electrons. The van der Waals surface area contributed by atoms with E-state index in [-0.39, 0.29) is 0 Å². The number of piperidine rings is 1. The predicted octanol–water partition coefficient (Wildman–Crippen LogP) is 1.35. The van der Waals surface area contributed by atoms with Crippen molar-refractivity contribution in [2.24, 2.45) is 0 Å². The summed E-state index contributed by atoms with van der Waals surface area (Å²) in [4.78, 5) is 13.0. The zero-order valence-electron chi connectivity index (χ0n) is 10.2. The SMILES string of the molecule is CN(C)C1CCN(c2nc(Br)cnc2N)CC1. The Morgan fingerprint density at radius 2 is 2.06 bits per heavy atom. The van der Waals surface area contributed by atoms with Crippen LogP contribution in [-0.4, -0.2) is 48.1 Å². The van der Waals surface area contributed by atoms with Crippen molar-refractivity contribution in [3.05, 3.63) is 10.8 Å². The van der Waals surface area contributed by atoms with E-state index in [1.807, 2.05) is 0 Å². The highest BCUT2D eigenvalue weighted by Crippen LogP contribution is 2.24. The van der Waals surface area contributed by atoms with Crippen LogP contribution < -0.4 is 10.6 Å². The van der Waals surface area contributed by atoms with Gasteiger partial charge in [-0.2, -0.15) is 0 Å². The van der Waals surface area contributed by atoms with Crippen LogP contribution in [0.4, 0.5) is 11.6 Å². The normalized spacial score (nSPS) is 17.8. The molecule has 0 atom stereocenters. The van der Waals surface area contributed by atoms with Crippen LogP contribution in [0, 0.1) is 0 Å². The third-order valence-electron chi connectivity index (χ3n) is 3.25. The first-order chi connectivity index (χ1) is 8.08. The maximum atomic E-state index is 5.87. The summed E-state index contributed by atoms with van der Waals surface area (Å²) >= 11 is 3.33. The lowest BCUT2D eigenvalue weighted by Crippen LogP contribution is -2.42. The van der Waals surface area contributed by atoms with E-state index in [1.165, 1.54) is 0 Å². The number of nitrogens with zero attached hydrogens (tertiary/aromatic N) is 4. The van der Waals surface area contributed by atoms with Gasteiger partial charge in [0.2, 0.25) is 0 Å². The van der Waals surface area contributed by atoms with Gasteiger partial charge in [-0.15, -0.1) is 0 Å². The molecule has 0 saturated carbocycles. The number of halogens is 1. The highest BCUT2D eigenvalue weighted by molar-refractivity contribution is 9.10. The highest BCUT2D eigenvalue weighted by atomic mass is 79.9. The number of aromatic nitrogens is 2. The second kappa shape index (κ2) is 5.18. The molecule has 1 aliphatic heterocycles. The van der Waals surface area contributed by atoms with Crippen molar-refractivity contribution in [2.45, 2.75) is 18.9 Å². The molecule has 0 radical (unpaired) electrons. The van der Waals surface area contributed by atoms with Crippen LogP contribution in [0.1, 0.15) is 12.8 Å². The van der Waals surface area contributed by atoms with Gasteiger partial charge in [-0.05, 0) is 42.9 Å². The van der Waals surface area contributed by atoms with Crippen LogP contribution in [-0.2, 0) is 0 Å². The number of hydrogen-bond acceptors (Lipinski definition) is 5. The molecule has 2 heterocycles. The second-order valence-electron chi connectivity index (χ2n) is 4.58. The summed E-state index contributed by atoms with van der Waals surface area (Å²) in [6, 6.07) is 0.660. The van der Waals surface area contributed by atoms with Crippen LogP contribution in [0.15, 0.2) is 10.8 Å². The van der Waals surface area contributed by atoms with Crippen molar-refractivity contribution in [1.29, 1.82) is 0 Å². The van der Waals surface area contributed by atoms with E-state index < -0.39 is 0 Å². The summed E-state index contributed by atoms with van der Waals surface area (Å²) in [5.74, 6) is 1.31. The fourth-order valence-electron chi connectivity index (χ4n) is 2.19. The van der Waals surface area contributed by atoms with Crippen molar-refractivity contribution in [3.63, 3.8) is 0 Å². The van der Waals surface area contributed by atoms with Crippen molar-refractivity contribution in [1.82, 2.24) is 14.9 Å². The van der Waals surface area contributed by atoms with Gasteiger partial charge in [0.1, 0.15) is 4.60 Å². The van der Waals surface area contributed by atoms with Gasteiger partial charge in [0, 0.05) is 19.1 Å². The average Bonchev–Trinajstić information content (AvgIpc) is 2.32. The summed E-state index contributed by atoms with van der Waals surface area (Å²) < 4.78 is 0.733. The average molecular weight is 300 g/mol. The number of hydrogen-bond donors (Lipinski definition) is 1. The molecule has 1 aromatic heterocycles. The Balaban J connectivity index is 2.07. The maximum Gasteiger partial charge on any atom is 0.172 e. The molecule has 2 N–H and O–H groups in total. The van der Waals surface area contributed by atoms with Crippen LogP contribution in [0.25, 0.3) is 0 Å². The van der Waals surface area contributed by atoms with E-state index in [1.54, 1.807) is 6.20 Å². The van der Waals surface area contributed by atoms with Gasteiger partial charge in [0.25, 0.3) is 0 Å². The van der Waals surface area contributed by atoms with Crippen molar-refractivity contribution < 1.29 is 0 Å². The molecule has 0 aliphatic carbocycles. The van der Waals surface area contributed by atoms with E-state index in [9.17, 15) is 0 Å². The van der Waals surface area contributed by atoms with Gasteiger partial charge in [0.05, 0.1) is 6.20 Å². The van der Waals surface area contributed by atoms with Crippen molar-refractivity contribution in [3.8, 4) is 0 Å². The van der Waals surface area contributed by atoms with Gasteiger partial charge in [-0.1, -0.05) is 0 Å². The predicted molar refractivity (Wildman–Crippen MR) is 73.1 cm³/mol. The Hall–Kier alpha value is -0.880. The van der Waals surface area contributed by atoms with Crippen LogP contribution in [0.3, 0.4) is 0 Å². The summed E-state index contributed by atoms with van der Waals surface area (Å²) in [7, 11) is 4.27. The fraction of sp³-hybridized carbons (Fsp3) is 0.636. The zero-order chi connectivity index (χ0) is 12.4. The Kier molecular flexibility index (Phi) is 3.83. The minimum absolute atomic E-state index is 0.511. The number of anilines is 2. The number of rotatable bonds is 2. The smallest absolute Gasteiger partial charge is 0.172 e. The highest BCUT2D eigenvalue weighted by Gasteiger charge is 2.23.